The highest BCUT2D eigenvalue weighted by Gasteiger charge is 2.25. The monoisotopic (exact) mass is 361 g/mol. The van der Waals surface area contributed by atoms with Gasteiger partial charge in [-0.25, -0.2) is 0 Å². The lowest BCUT2D eigenvalue weighted by atomic mass is 10.1. The van der Waals surface area contributed by atoms with E-state index in [9.17, 15) is 24.3 Å². The zero-order chi connectivity index (χ0) is 19.4. The molecule has 0 aromatic rings. The molecule has 0 radical (unpaired) electrons. The minimum absolute atomic E-state index is 0.276. The average Bonchev–Trinajstić information content (AvgIpc) is 2.55. The number of aliphatic hydroxyl groups excluding tert-OH is 1. The van der Waals surface area contributed by atoms with Gasteiger partial charge in [-0.15, -0.1) is 0 Å². The number of amides is 3. The Morgan fingerprint density at radius 3 is 2.20 bits per heavy atom. The normalized spacial score (nSPS) is 14.1. The molecule has 3 unspecified atom stereocenters. The van der Waals surface area contributed by atoms with Crippen molar-refractivity contribution >= 4 is 23.7 Å². The molecule has 11 nitrogen and oxygen atoms in total. The lowest BCUT2D eigenvalue weighted by molar-refractivity contribution is -0.138. The summed E-state index contributed by atoms with van der Waals surface area (Å²) < 4.78 is 0. The van der Waals surface area contributed by atoms with Gasteiger partial charge in [0.2, 0.25) is 17.7 Å². The van der Waals surface area contributed by atoms with Crippen LogP contribution in [0.15, 0.2) is 0 Å². The summed E-state index contributed by atoms with van der Waals surface area (Å²) in [7, 11) is 0. The highest BCUT2D eigenvalue weighted by Crippen LogP contribution is 2.02. The van der Waals surface area contributed by atoms with Crippen molar-refractivity contribution in [3.63, 3.8) is 0 Å². The third kappa shape index (κ3) is 10.3. The molecule has 3 amide bonds. The Hall–Kier alpha value is -2.24. The van der Waals surface area contributed by atoms with Crippen LogP contribution in [0.5, 0.6) is 0 Å². The molecule has 0 aliphatic heterocycles. The molecule has 11 heteroatoms. The molecule has 3 atom stereocenters. The van der Waals surface area contributed by atoms with Gasteiger partial charge in [0.05, 0.1) is 12.6 Å². The molecule has 0 aliphatic carbocycles. The fourth-order valence-electron chi connectivity index (χ4n) is 1.78. The third-order valence-corrected chi connectivity index (χ3v) is 3.26. The number of nitrogens with two attached hydrogens (primary N) is 2. The van der Waals surface area contributed by atoms with Crippen molar-refractivity contribution in [3.05, 3.63) is 0 Å². The lowest BCUT2D eigenvalue weighted by Gasteiger charge is -2.21. The summed E-state index contributed by atoms with van der Waals surface area (Å²) in [5, 5.41) is 24.6. The third-order valence-electron chi connectivity index (χ3n) is 3.26. The zero-order valence-electron chi connectivity index (χ0n) is 14.2. The molecule has 25 heavy (non-hydrogen) atoms. The topological polar surface area (TPSA) is 197 Å². The Kier molecular flexibility index (Phi) is 11.1. The average molecular weight is 361 g/mol. The smallest absolute Gasteiger partial charge is 0.322 e. The molecular weight excluding hydrogens is 334 g/mol. The molecule has 0 aromatic heterocycles. The quantitative estimate of drug-likeness (QED) is 0.175. The van der Waals surface area contributed by atoms with Crippen molar-refractivity contribution in [2.45, 2.75) is 44.4 Å². The zero-order valence-corrected chi connectivity index (χ0v) is 14.2. The molecule has 0 rings (SSSR count). The van der Waals surface area contributed by atoms with Crippen molar-refractivity contribution in [1.82, 2.24) is 16.0 Å². The van der Waals surface area contributed by atoms with Gasteiger partial charge >= 0.3 is 5.97 Å². The molecule has 0 saturated heterocycles. The molecule has 0 saturated carbocycles. The maximum Gasteiger partial charge on any atom is 0.322 e. The van der Waals surface area contributed by atoms with E-state index in [1.165, 1.54) is 6.92 Å². The second kappa shape index (κ2) is 12.2. The number of carbonyl (C=O) groups excluding carboxylic acids is 3. The van der Waals surface area contributed by atoms with Crippen LogP contribution in [0.25, 0.3) is 0 Å². The number of hydrogen-bond donors (Lipinski definition) is 7. The van der Waals surface area contributed by atoms with E-state index in [0.717, 1.165) is 0 Å². The number of unbranched alkanes of at least 4 members (excludes halogenated alkanes) is 1. The Labute approximate surface area is 145 Å². The summed E-state index contributed by atoms with van der Waals surface area (Å²) in [6, 6.07) is -2.14. The number of aliphatic carboxylic acids is 1. The highest BCUT2D eigenvalue weighted by molar-refractivity contribution is 5.92. The van der Waals surface area contributed by atoms with Crippen LogP contribution >= 0.6 is 0 Å². The van der Waals surface area contributed by atoms with Crippen LogP contribution in [-0.2, 0) is 19.2 Å². The summed E-state index contributed by atoms with van der Waals surface area (Å²) in [5.41, 5.74) is 10.9. The SMILES string of the molecule is CC(O)C(N)C(=O)NC(CCCCN)C(=O)NCC(=O)NCC(=O)O. The van der Waals surface area contributed by atoms with E-state index in [4.69, 9.17) is 16.6 Å². The molecule has 0 bridgehead atoms. The second-order valence-electron chi connectivity index (χ2n) is 5.50. The molecule has 0 spiro atoms. The first-order valence-electron chi connectivity index (χ1n) is 7.89. The fourth-order valence-corrected chi connectivity index (χ4v) is 1.78. The van der Waals surface area contributed by atoms with Gasteiger partial charge in [-0.3, -0.25) is 19.2 Å². The van der Waals surface area contributed by atoms with Crippen LogP contribution in [0.3, 0.4) is 0 Å². The fraction of sp³-hybridized carbons (Fsp3) is 0.714. The highest BCUT2D eigenvalue weighted by atomic mass is 16.4. The van der Waals surface area contributed by atoms with Crippen molar-refractivity contribution in [2.24, 2.45) is 11.5 Å². The lowest BCUT2D eigenvalue weighted by Crippen LogP contribution is -2.55. The van der Waals surface area contributed by atoms with E-state index in [2.05, 4.69) is 16.0 Å². The number of carboxylic acid groups (broad SMARTS) is 1. The Morgan fingerprint density at radius 2 is 1.68 bits per heavy atom. The van der Waals surface area contributed by atoms with Gasteiger partial charge in [0.1, 0.15) is 18.6 Å². The van der Waals surface area contributed by atoms with Gasteiger partial charge in [0.15, 0.2) is 0 Å². The van der Waals surface area contributed by atoms with Crippen molar-refractivity contribution in [1.29, 1.82) is 0 Å². The van der Waals surface area contributed by atoms with Gasteiger partial charge in [-0.05, 0) is 32.7 Å². The molecule has 9 N–H and O–H groups in total. The van der Waals surface area contributed by atoms with Crippen LogP contribution in [0.1, 0.15) is 26.2 Å². The van der Waals surface area contributed by atoms with Crippen LogP contribution in [-0.4, -0.2) is 71.7 Å². The number of aliphatic hydroxyl groups is 1. The summed E-state index contributed by atoms with van der Waals surface area (Å²) in [5.74, 6) is -3.20. The Balaban J connectivity index is 4.62. The number of nitrogens with one attached hydrogen (secondary N) is 3. The van der Waals surface area contributed by atoms with E-state index in [1.807, 2.05) is 0 Å². The number of carbonyl (C=O) groups is 4. The predicted octanol–water partition coefficient (Wildman–Crippen LogP) is -3.37. The van der Waals surface area contributed by atoms with E-state index < -0.39 is 55.0 Å². The summed E-state index contributed by atoms with van der Waals surface area (Å²) >= 11 is 0. The van der Waals surface area contributed by atoms with Gasteiger partial charge in [-0.2, -0.15) is 0 Å². The van der Waals surface area contributed by atoms with Gasteiger partial charge in [0.25, 0.3) is 0 Å². The second-order valence-corrected chi connectivity index (χ2v) is 5.50. The summed E-state index contributed by atoms with van der Waals surface area (Å²) in [4.78, 5) is 45.8. The van der Waals surface area contributed by atoms with E-state index in [1.54, 1.807) is 0 Å². The summed E-state index contributed by atoms with van der Waals surface area (Å²) in [6.45, 7) is 0.778. The first kappa shape index (κ1) is 22.8. The van der Waals surface area contributed by atoms with E-state index in [0.29, 0.717) is 19.4 Å². The maximum atomic E-state index is 12.2. The maximum absolute atomic E-state index is 12.2. The minimum atomic E-state index is -1.21. The van der Waals surface area contributed by atoms with Crippen LogP contribution in [0.2, 0.25) is 0 Å². The van der Waals surface area contributed by atoms with E-state index >= 15 is 0 Å². The molecule has 0 aromatic carbocycles. The van der Waals surface area contributed by atoms with Gasteiger partial charge < -0.3 is 37.6 Å². The molecule has 0 fully saturated rings. The first-order chi connectivity index (χ1) is 11.7. The standard InChI is InChI=1S/C14H27N5O6/c1-8(20)12(16)14(25)19-9(4-2-3-5-15)13(24)18-6-10(21)17-7-11(22)23/h8-9,12,20H,2-7,15-16H2,1H3,(H,17,21)(H,18,24)(H,19,25)(H,22,23). The van der Waals surface area contributed by atoms with Crippen LogP contribution in [0, 0.1) is 0 Å². The molecule has 144 valence electrons. The van der Waals surface area contributed by atoms with Crippen molar-refractivity contribution in [2.75, 3.05) is 19.6 Å². The predicted molar refractivity (Wildman–Crippen MR) is 88.1 cm³/mol. The van der Waals surface area contributed by atoms with Gasteiger partial charge in [-0.1, -0.05) is 0 Å². The number of carboxylic acids is 1. The van der Waals surface area contributed by atoms with Gasteiger partial charge in [0, 0.05) is 0 Å². The number of rotatable bonds is 12. The van der Waals surface area contributed by atoms with Crippen LogP contribution in [0.4, 0.5) is 0 Å². The Morgan fingerprint density at radius 1 is 1.04 bits per heavy atom. The van der Waals surface area contributed by atoms with Crippen molar-refractivity contribution < 1.29 is 29.4 Å². The minimum Gasteiger partial charge on any atom is -0.480 e. The van der Waals surface area contributed by atoms with Crippen LogP contribution < -0.4 is 27.4 Å². The summed E-state index contributed by atoms with van der Waals surface area (Å²) in [6.07, 6.45) is 0.387. The molecule has 0 aliphatic rings. The Bertz CT molecular complexity index is 471. The van der Waals surface area contributed by atoms with Crippen molar-refractivity contribution in [3.8, 4) is 0 Å². The largest absolute Gasteiger partial charge is 0.480 e. The van der Waals surface area contributed by atoms with E-state index in [-0.39, 0.29) is 6.42 Å². The first-order valence-corrected chi connectivity index (χ1v) is 7.89. The molecular formula is C14H27N5O6. The number of hydrogen-bond acceptors (Lipinski definition) is 7. The molecule has 0 heterocycles.